The summed E-state index contributed by atoms with van der Waals surface area (Å²) in [5, 5.41) is 6.20. The number of benzene rings is 3. The minimum absolute atomic E-state index is 0.0185. The normalized spacial score (nSPS) is 11.1. The SMILES string of the molecule is CCOC(=O)c1c(-c2ccc(-c3ccccc3)cc2)csc1NC(=O)CSc1nc2sc(C)c(C)c2c(=O)n1-c1ccccc1. The zero-order chi connectivity index (χ0) is 31.5. The van der Waals surface area contributed by atoms with Gasteiger partial charge in [-0.05, 0) is 55.2 Å². The van der Waals surface area contributed by atoms with Gasteiger partial charge in [0.1, 0.15) is 15.4 Å². The van der Waals surface area contributed by atoms with Crippen molar-refractivity contribution in [2.75, 3.05) is 17.7 Å². The summed E-state index contributed by atoms with van der Waals surface area (Å²) >= 11 is 3.92. The van der Waals surface area contributed by atoms with Gasteiger partial charge in [0, 0.05) is 15.8 Å². The van der Waals surface area contributed by atoms with E-state index in [0.29, 0.717) is 37.2 Å². The van der Waals surface area contributed by atoms with E-state index in [4.69, 9.17) is 9.72 Å². The number of rotatable bonds is 9. The highest BCUT2D eigenvalue weighted by atomic mass is 32.2. The van der Waals surface area contributed by atoms with E-state index < -0.39 is 5.97 Å². The number of carbonyl (C=O) groups excluding carboxylic acids is 2. The van der Waals surface area contributed by atoms with Crippen molar-refractivity contribution in [1.29, 1.82) is 0 Å². The molecule has 6 aromatic rings. The van der Waals surface area contributed by atoms with Crippen LogP contribution in [0.5, 0.6) is 0 Å². The topological polar surface area (TPSA) is 90.3 Å². The van der Waals surface area contributed by atoms with Crippen LogP contribution >= 0.6 is 34.4 Å². The fraction of sp³-hybridized carbons (Fsp3) is 0.143. The second-order valence-electron chi connectivity index (χ2n) is 10.2. The molecule has 0 aliphatic rings. The molecule has 0 fully saturated rings. The third-order valence-electron chi connectivity index (χ3n) is 7.35. The van der Waals surface area contributed by atoms with Crippen molar-refractivity contribution in [3.05, 3.63) is 117 Å². The maximum absolute atomic E-state index is 13.7. The number of amides is 1. The highest BCUT2D eigenvalue weighted by Gasteiger charge is 2.24. The number of thiophene rings is 2. The third-order valence-corrected chi connectivity index (χ3v) is 10.3. The Kier molecular flexibility index (Phi) is 8.97. The molecule has 6 rings (SSSR count). The molecule has 0 bridgehead atoms. The summed E-state index contributed by atoms with van der Waals surface area (Å²) in [4.78, 5) is 46.7. The first kappa shape index (κ1) is 30.5. The Labute approximate surface area is 272 Å². The predicted molar refractivity (Wildman–Crippen MR) is 185 cm³/mol. The van der Waals surface area contributed by atoms with Crippen LogP contribution in [0.1, 0.15) is 27.7 Å². The number of ether oxygens (including phenoxy) is 1. The molecule has 3 aromatic heterocycles. The molecule has 1 N–H and O–H groups in total. The second-order valence-corrected chi connectivity index (χ2v) is 13.2. The van der Waals surface area contributed by atoms with Gasteiger partial charge in [-0.1, -0.05) is 84.6 Å². The zero-order valence-corrected chi connectivity index (χ0v) is 27.3. The molecule has 0 radical (unpaired) electrons. The van der Waals surface area contributed by atoms with Crippen LogP contribution in [0.15, 0.2) is 100 Å². The van der Waals surface area contributed by atoms with E-state index in [-0.39, 0.29) is 23.8 Å². The Bertz CT molecular complexity index is 2070. The summed E-state index contributed by atoms with van der Waals surface area (Å²) in [7, 11) is 0. The molecular formula is C35H29N3O4S3. The third kappa shape index (κ3) is 6.22. The van der Waals surface area contributed by atoms with Crippen molar-refractivity contribution in [3.8, 4) is 27.9 Å². The van der Waals surface area contributed by atoms with Crippen LogP contribution in [0.4, 0.5) is 5.00 Å². The van der Waals surface area contributed by atoms with Gasteiger partial charge in [-0.15, -0.1) is 22.7 Å². The van der Waals surface area contributed by atoms with Gasteiger partial charge >= 0.3 is 5.97 Å². The summed E-state index contributed by atoms with van der Waals surface area (Å²) in [5.41, 5.74) is 5.44. The molecular weight excluding hydrogens is 623 g/mol. The smallest absolute Gasteiger partial charge is 0.341 e. The average Bonchev–Trinajstić information content (AvgIpc) is 3.60. The number of carbonyl (C=O) groups is 2. The number of para-hydroxylation sites is 1. The second kappa shape index (κ2) is 13.2. The van der Waals surface area contributed by atoms with Gasteiger partial charge in [0.05, 0.1) is 23.4 Å². The number of aryl methyl sites for hydroxylation is 2. The molecule has 0 aliphatic carbocycles. The molecule has 0 saturated carbocycles. The number of aromatic nitrogens is 2. The lowest BCUT2D eigenvalue weighted by molar-refractivity contribution is -0.113. The first-order valence-electron chi connectivity index (χ1n) is 14.3. The van der Waals surface area contributed by atoms with Gasteiger partial charge in [-0.3, -0.25) is 14.2 Å². The van der Waals surface area contributed by atoms with Crippen LogP contribution in [-0.2, 0) is 9.53 Å². The first-order chi connectivity index (χ1) is 21.9. The molecule has 3 aromatic carbocycles. The van der Waals surface area contributed by atoms with Gasteiger partial charge in [0.25, 0.3) is 5.56 Å². The molecule has 0 atom stereocenters. The Hall–Kier alpha value is -4.51. The maximum atomic E-state index is 13.7. The lowest BCUT2D eigenvalue weighted by Crippen LogP contribution is -2.23. The van der Waals surface area contributed by atoms with E-state index in [1.807, 2.05) is 104 Å². The fourth-order valence-electron chi connectivity index (χ4n) is 5.01. The van der Waals surface area contributed by atoms with Gasteiger partial charge in [0.2, 0.25) is 5.91 Å². The van der Waals surface area contributed by atoms with E-state index in [2.05, 4.69) is 5.32 Å². The van der Waals surface area contributed by atoms with Gasteiger partial charge in [-0.2, -0.15) is 0 Å². The molecule has 7 nitrogen and oxygen atoms in total. The summed E-state index contributed by atoms with van der Waals surface area (Å²) in [6.07, 6.45) is 0. The van der Waals surface area contributed by atoms with Crippen LogP contribution < -0.4 is 10.9 Å². The minimum Gasteiger partial charge on any atom is -0.462 e. The predicted octanol–water partition coefficient (Wildman–Crippen LogP) is 8.37. The number of hydrogen-bond donors (Lipinski definition) is 1. The average molecular weight is 652 g/mol. The van der Waals surface area contributed by atoms with Crippen LogP contribution in [0.2, 0.25) is 0 Å². The van der Waals surface area contributed by atoms with Crippen molar-refractivity contribution in [1.82, 2.24) is 9.55 Å². The quantitative estimate of drug-likeness (QED) is 0.0960. The van der Waals surface area contributed by atoms with Crippen molar-refractivity contribution >= 4 is 61.5 Å². The van der Waals surface area contributed by atoms with Crippen molar-refractivity contribution in [2.24, 2.45) is 0 Å². The number of anilines is 1. The van der Waals surface area contributed by atoms with Gasteiger partial charge in [-0.25, -0.2) is 9.78 Å². The molecule has 45 heavy (non-hydrogen) atoms. The summed E-state index contributed by atoms with van der Waals surface area (Å²) in [5.74, 6) is -0.849. The number of nitrogens with one attached hydrogen (secondary N) is 1. The highest BCUT2D eigenvalue weighted by Crippen LogP contribution is 2.37. The molecule has 1 amide bonds. The molecule has 0 spiro atoms. The molecule has 0 saturated heterocycles. The highest BCUT2D eigenvalue weighted by molar-refractivity contribution is 7.99. The number of nitrogens with zero attached hydrogens (tertiary/aromatic N) is 2. The lowest BCUT2D eigenvalue weighted by atomic mass is 9.99. The van der Waals surface area contributed by atoms with E-state index in [1.54, 1.807) is 11.5 Å². The van der Waals surface area contributed by atoms with Crippen molar-refractivity contribution < 1.29 is 14.3 Å². The standard InChI is InChI=1S/C35H29N3O4S3/c1-4-42-34(41)30-27(25-17-15-24(16-18-25)23-11-7-5-8-12-23)19-43-31(30)36-28(39)20-44-35-37-32-29(21(2)22(3)45-32)33(40)38(35)26-13-9-6-10-14-26/h5-19H,4,20H2,1-3H3,(H,36,39). The van der Waals surface area contributed by atoms with E-state index in [1.165, 1.54) is 34.4 Å². The van der Waals surface area contributed by atoms with Crippen LogP contribution in [0, 0.1) is 13.8 Å². The number of hydrogen-bond acceptors (Lipinski definition) is 8. The Morgan fingerprint density at radius 3 is 2.24 bits per heavy atom. The number of esters is 1. The first-order valence-corrected chi connectivity index (χ1v) is 17.0. The molecule has 0 unspecified atom stereocenters. The summed E-state index contributed by atoms with van der Waals surface area (Å²) < 4.78 is 6.95. The van der Waals surface area contributed by atoms with E-state index in [0.717, 1.165) is 27.1 Å². The van der Waals surface area contributed by atoms with Crippen LogP contribution in [-0.4, -0.2) is 33.8 Å². The fourth-order valence-corrected chi connectivity index (χ4v) is 7.87. The van der Waals surface area contributed by atoms with Gasteiger partial charge in [0.15, 0.2) is 5.16 Å². The monoisotopic (exact) mass is 651 g/mol. The largest absolute Gasteiger partial charge is 0.462 e. The molecule has 226 valence electrons. The van der Waals surface area contributed by atoms with Crippen molar-refractivity contribution in [2.45, 2.75) is 25.9 Å². The molecule has 0 aliphatic heterocycles. The Morgan fingerprint density at radius 1 is 0.911 bits per heavy atom. The molecule has 3 heterocycles. The Balaban J connectivity index is 1.27. The molecule has 10 heteroatoms. The van der Waals surface area contributed by atoms with Crippen LogP contribution in [0.3, 0.4) is 0 Å². The van der Waals surface area contributed by atoms with Gasteiger partial charge < -0.3 is 10.1 Å². The number of fused-ring (bicyclic) bond motifs is 1. The number of thioether (sulfide) groups is 1. The van der Waals surface area contributed by atoms with E-state index in [9.17, 15) is 14.4 Å². The zero-order valence-electron chi connectivity index (χ0n) is 24.8. The minimum atomic E-state index is -0.502. The van der Waals surface area contributed by atoms with Crippen LogP contribution in [0.25, 0.3) is 38.2 Å². The maximum Gasteiger partial charge on any atom is 0.341 e. The lowest BCUT2D eigenvalue weighted by Gasteiger charge is -2.12. The summed E-state index contributed by atoms with van der Waals surface area (Å²) in [6, 6.07) is 27.3. The van der Waals surface area contributed by atoms with Crippen molar-refractivity contribution in [3.63, 3.8) is 0 Å². The summed E-state index contributed by atoms with van der Waals surface area (Å²) in [6.45, 7) is 5.86. The van der Waals surface area contributed by atoms with E-state index >= 15 is 0 Å². The Morgan fingerprint density at radius 2 is 1.56 bits per heavy atom.